The fourth-order valence-electron chi connectivity index (χ4n) is 0.921. The van der Waals surface area contributed by atoms with Gasteiger partial charge in [-0.3, -0.25) is 4.79 Å². The van der Waals surface area contributed by atoms with Crippen LogP contribution in [0.5, 0.6) is 0 Å². The molecule has 0 heterocycles. The zero-order chi connectivity index (χ0) is 9.84. The van der Waals surface area contributed by atoms with Crippen molar-refractivity contribution >= 4 is 44.4 Å². The molecule has 0 N–H and O–H groups in total. The minimum atomic E-state index is -0.732. The normalized spacial score (nSPS) is 15.0. The van der Waals surface area contributed by atoms with Crippen molar-refractivity contribution in [3.05, 3.63) is 35.9 Å². The standard InChI is InChI=1S/C9H7BrCl2O/c10-7(8(11)9(12)13)6-4-2-1-3-5-6/h1-5,7-8H. The molecule has 0 saturated heterocycles. The maximum Gasteiger partial charge on any atom is 0.241 e. The molecule has 1 aromatic rings. The summed E-state index contributed by atoms with van der Waals surface area (Å²) < 4.78 is 0. The maximum atomic E-state index is 10.8. The Labute approximate surface area is 95.2 Å². The average molecular weight is 282 g/mol. The van der Waals surface area contributed by atoms with Gasteiger partial charge in [0.05, 0.1) is 4.83 Å². The molecule has 0 aliphatic carbocycles. The first kappa shape index (κ1) is 11.0. The molecule has 0 fully saturated rings. The second kappa shape index (κ2) is 4.99. The third-order valence-corrected chi connectivity index (χ3v) is 3.75. The number of benzene rings is 1. The summed E-state index contributed by atoms with van der Waals surface area (Å²) in [7, 11) is 0. The number of alkyl halides is 2. The molecule has 70 valence electrons. The zero-order valence-corrected chi connectivity index (χ0v) is 9.68. The third kappa shape index (κ3) is 2.97. The fourth-order valence-corrected chi connectivity index (χ4v) is 1.89. The van der Waals surface area contributed by atoms with Crippen LogP contribution < -0.4 is 0 Å². The topological polar surface area (TPSA) is 17.1 Å². The highest BCUT2D eigenvalue weighted by atomic mass is 79.9. The molecule has 1 aromatic carbocycles. The zero-order valence-electron chi connectivity index (χ0n) is 6.58. The van der Waals surface area contributed by atoms with Crippen LogP contribution in [0.25, 0.3) is 0 Å². The van der Waals surface area contributed by atoms with Crippen LogP contribution in [0.15, 0.2) is 30.3 Å². The van der Waals surface area contributed by atoms with Gasteiger partial charge in [0.15, 0.2) is 0 Å². The summed E-state index contributed by atoms with van der Waals surface area (Å²) in [6.45, 7) is 0. The molecule has 0 radical (unpaired) electrons. The molecule has 0 saturated carbocycles. The van der Waals surface area contributed by atoms with Gasteiger partial charge in [-0.05, 0) is 17.2 Å². The van der Waals surface area contributed by atoms with Crippen molar-refractivity contribution in [3.8, 4) is 0 Å². The number of halogens is 3. The number of rotatable bonds is 3. The van der Waals surface area contributed by atoms with Gasteiger partial charge in [0, 0.05) is 0 Å². The smallest absolute Gasteiger partial charge is 0.241 e. The van der Waals surface area contributed by atoms with E-state index in [2.05, 4.69) is 15.9 Å². The van der Waals surface area contributed by atoms with E-state index in [0.29, 0.717) is 0 Å². The Balaban J connectivity index is 2.79. The van der Waals surface area contributed by atoms with Crippen molar-refractivity contribution in [1.29, 1.82) is 0 Å². The van der Waals surface area contributed by atoms with Crippen LogP contribution >= 0.6 is 39.1 Å². The van der Waals surface area contributed by atoms with Gasteiger partial charge in [-0.15, -0.1) is 11.6 Å². The van der Waals surface area contributed by atoms with Gasteiger partial charge in [-0.2, -0.15) is 0 Å². The summed E-state index contributed by atoms with van der Waals surface area (Å²) in [6.07, 6.45) is 0. The van der Waals surface area contributed by atoms with Gasteiger partial charge in [0.25, 0.3) is 0 Å². The van der Waals surface area contributed by atoms with Gasteiger partial charge in [-0.1, -0.05) is 46.3 Å². The first-order valence-electron chi connectivity index (χ1n) is 3.65. The Morgan fingerprint density at radius 2 is 1.85 bits per heavy atom. The van der Waals surface area contributed by atoms with E-state index in [1.165, 1.54) is 0 Å². The Morgan fingerprint density at radius 1 is 1.31 bits per heavy atom. The molecule has 0 bridgehead atoms. The molecule has 0 spiro atoms. The highest BCUT2D eigenvalue weighted by molar-refractivity contribution is 9.09. The minimum absolute atomic E-state index is 0.236. The molecule has 0 aliphatic rings. The molecular formula is C9H7BrCl2O. The van der Waals surface area contributed by atoms with Crippen molar-refractivity contribution in [2.75, 3.05) is 0 Å². The van der Waals surface area contributed by atoms with E-state index in [1.54, 1.807) is 0 Å². The lowest BCUT2D eigenvalue weighted by molar-refractivity contribution is -0.111. The average Bonchev–Trinajstić information content (AvgIpc) is 2.17. The fraction of sp³-hybridized carbons (Fsp3) is 0.222. The number of hydrogen-bond donors (Lipinski definition) is 0. The quantitative estimate of drug-likeness (QED) is 0.612. The highest BCUT2D eigenvalue weighted by Gasteiger charge is 2.23. The monoisotopic (exact) mass is 280 g/mol. The maximum absolute atomic E-state index is 10.8. The van der Waals surface area contributed by atoms with E-state index in [1.807, 2.05) is 30.3 Å². The van der Waals surface area contributed by atoms with E-state index in [-0.39, 0.29) is 4.83 Å². The van der Waals surface area contributed by atoms with Crippen molar-refractivity contribution in [2.24, 2.45) is 0 Å². The summed E-state index contributed by atoms with van der Waals surface area (Å²) in [5.74, 6) is 0. The van der Waals surface area contributed by atoms with Crippen molar-refractivity contribution in [2.45, 2.75) is 10.2 Å². The predicted octanol–water partition coefficient (Wildman–Crippen LogP) is 3.50. The van der Waals surface area contributed by atoms with E-state index in [9.17, 15) is 4.79 Å². The van der Waals surface area contributed by atoms with Crippen molar-refractivity contribution < 1.29 is 4.79 Å². The Morgan fingerprint density at radius 3 is 2.31 bits per heavy atom. The summed E-state index contributed by atoms with van der Waals surface area (Å²) in [4.78, 5) is 10.5. The van der Waals surface area contributed by atoms with Gasteiger partial charge in [-0.25, -0.2) is 0 Å². The summed E-state index contributed by atoms with van der Waals surface area (Å²) in [5.41, 5.74) is 0.941. The third-order valence-electron chi connectivity index (χ3n) is 1.59. The molecule has 0 aromatic heterocycles. The predicted molar refractivity (Wildman–Crippen MR) is 58.6 cm³/mol. The number of carbonyl (C=O) groups is 1. The number of hydrogen-bond acceptors (Lipinski definition) is 1. The van der Waals surface area contributed by atoms with Gasteiger partial charge in [0.1, 0.15) is 5.38 Å². The van der Waals surface area contributed by atoms with E-state index < -0.39 is 10.6 Å². The summed E-state index contributed by atoms with van der Waals surface area (Å²) in [6, 6.07) is 9.43. The molecular weight excluding hydrogens is 275 g/mol. The van der Waals surface area contributed by atoms with Crippen molar-refractivity contribution in [3.63, 3.8) is 0 Å². The Bertz CT molecular complexity index is 289. The summed E-state index contributed by atoms with van der Waals surface area (Å²) in [5, 5.41) is -1.28. The first-order valence-corrected chi connectivity index (χ1v) is 5.38. The molecule has 2 unspecified atom stereocenters. The van der Waals surface area contributed by atoms with E-state index in [4.69, 9.17) is 23.2 Å². The molecule has 1 rings (SSSR count). The Kier molecular flexibility index (Phi) is 4.23. The lowest BCUT2D eigenvalue weighted by Gasteiger charge is -2.12. The molecule has 4 heteroatoms. The molecule has 0 amide bonds. The van der Waals surface area contributed by atoms with E-state index >= 15 is 0 Å². The Hall–Kier alpha value is -0.0500. The van der Waals surface area contributed by atoms with E-state index in [0.717, 1.165) is 5.56 Å². The van der Waals surface area contributed by atoms with Crippen LogP contribution in [0, 0.1) is 0 Å². The largest absolute Gasteiger partial charge is 0.280 e. The minimum Gasteiger partial charge on any atom is -0.280 e. The van der Waals surface area contributed by atoms with Gasteiger partial charge in [0.2, 0.25) is 5.24 Å². The second-order valence-electron chi connectivity index (χ2n) is 2.52. The molecule has 0 aliphatic heterocycles. The molecule has 2 atom stereocenters. The number of carbonyl (C=O) groups excluding carboxylic acids is 1. The van der Waals surface area contributed by atoms with Crippen LogP contribution in [-0.4, -0.2) is 10.6 Å². The van der Waals surface area contributed by atoms with Gasteiger partial charge < -0.3 is 0 Å². The van der Waals surface area contributed by atoms with Crippen LogP contribution in [0.4, 0.5) is 0 Å². The highest BCUT2D eigenvalue weighted by Crippen LogP contribution is 2.30. The van der Waals surface area contributed by atoms with Crippen molar-refractivity contribution in [1.82, 2.24) is 0 Å². The second-order valence-corrected chi connectivity index (χ2v) is 4.35. The lowest BCUT2D eigenvalue weighted by Crippen LogP contribution is -2.14. The first-order chi connectivity index (χ1) is 6.13. The van der Waals surface area contributed by atoms with Crippen LogP contribution in [0.2, 0.25) is 0 Å². The summed E-state index contributed by atoms with van der Waals surface area (Å²) >= 11 is 14.4. The van der Waals surface area contributed by atoms with Crippen LogP contribution in [-0.2, 0) is 4.79 Å². The molecule has 13 heavy (non-hydrogen) atoms. The van der Waals surface area contributed by atoms with Crippen LogP contribution in [0.3, 0.4) is 0 Å². The SMILES string of the molecule is O=C(Cl)C(Cl)C(Br)c1ccccc1. The lowest BCUT2D eigenvalue weighted by atomic mass is 10.1. The molecule has 1 nitrogen and oxygen atoms in total. The van der Waals surface area contributed by atoms with Crippen LogP contribution in [0.1, 0.15) is 10.4 Å². The van der Waals surface area contributed by atoms with Gasteiger partial charge >= 0.3 is 0 Å².